The molecule has 2 aromatic rings. The van der Waals surface area contributed by atoms with Crippen molar-refractivity contribution in [3.63, 3.8) is 0 Å². The Bertz CT molecular complexity index is 465. The van der Waals surface area contributed by atoms with Crippen LogP contribution in [0.3, 0.4) is 0 Å². The second-order valence-electron chi connectivity index (χ2n) is 3.49. The minimum atomic E-state index is 0.523. The molecule has 0 radical (unpaired) electrons. The van der Waals surface area contributed by atoms with Gasteiger partial charge in [-0.05, 0) is 36.4 Å². The molecule has 0 aliphatic carbocycles. The summed E-state index contributed by atoms with van der Waals surface area (Å²) in [5.74, 6) is 0.835. The third-order valence-corrected chi connectivity index (χ3v) is 2.17. The summed E-state index contributed by atoms with van der Waals surface area (Å²) in [7, 11) is 0. The average molecular weight is 226 g/mol. The van der Waals surface area contributed by atoms with E-state index in [-0.39, 0.29) is 0 Å². The number of ether oxygens (including phenoxy) is 1. The zero-order valence-electron chi connectivity index (χ0n) is 9.47. The Balaban J connectivity index is 2.01. The summed E-state index contributed by atoms with van der Waals surface area (Å²) >= 11 is 0. The van der Waals surface area contributed by atoms with E-state index in [0.717, 1.165) is 17.1 Å². The minimum Gasteiger partial charge on any atom is -0.490 e. The standard InChI is InChI=1S/C14H14N2O/c1-2-10-17-14-7-5-12(6-8-14)16-13-4-3-9-15-11-13/h2-9,11,16H,1,10H2. The van der Waals surface area contributed by atoms with E-state index in [2.05, 4.69) is 16.9 Å². The van der Waals surface area contributed by atoms with E-state index in [4.69, 9.17) is 4.74 Å². The van der Waals surface area contributed by atoms with E-state index in [1.807, 2.05) is 36.4 Å². The van der Waals surface area contributed by atoms with Crippen LogP contribution >= 0.6 is 0 Å². The molecule has 0 amide bonds. The first-order valence-electron chi connectivity index (χ1n) is 5.39. The molecular formula is C14H14N2O. The maximum Gasteiger partial charge on any atom is 0.119 e. The van der Waals surface area contributed by atoms with Gasteiger partial charge in [-0.25, -0.2) is 0 Å². The lowest BCUT2D eigenvalue weighted by Gasteiger charge is -2.07. The van der Waals surface area contributed by atoms with Crippen LogP contribution in [0.4, 0.5) is 11.4 Å². The van der Waals surface area contributed by atoms with Crippen molar-refractivity contribution in [2.24, 2.45) is 0 Å². The third kappa shape index (κ3) is 3.34. The fourth-order valence-corrected chi connectivity index (χ4v) is 1.39. The first kappa shape index (κ1) is 11.2. The first-order chi connectivity index (χ1) is 8.38. The second kappa shape index (κ2) is 5.70. The molecule has 1 N–H and O–H groups in total. The van der Waals surface area contributed by atoms with Crippen molar-refractivity contribution in [1.29, 1.82) is 0 Å². The lowest BCUT2D eigenvalue weighted by molar-refractivity contribution is 0.363. The van der Waals surface area contributed by atoms with Gasteiger partial charge in [0, 0.05) is 11.9 Å². The topological polar surface area (TPSA) is 34.1 Å². The van der Waals surface area contributed by atoms with Crippen molar-refractivity contribution in [3.05, 3.63) is 61.4 Å². The smallest absolute Gasteiger partial charge is 0.119 e. The molecule has 0 fully saturated rings. The number of aromatic nitrogens is 1. The molecule has 17 heavy (non-hydrogen) atoms. The fraction of sp³-hybridized carbons (Fsp3) is 0.0714. The molecule has 0 saturated heterocycles. The van der Waals surface area contributed by atoms with Crippen molar-refractivity contribution in [3.8, 4) is 5.75 Å². The van der Waals surface area contributed by atoms with Gasteiger partial charge in [0.15, 0.2) is 0 Å². The summed E-state index contributed by atoms with van der Waals surface area (Å²) in [6.07, 6.45) is 5.25. The summed E-state index contributed by atoms with van der Waals surface area (Å²) in [6.45, 7) is 4.13. The summed E-state index contributed by atoms with van der Waals surface area (Å²) in [5, 5.41) is 3.25. The van der Waals surface area contributed by atoms with Crippen molar-refractivity contribution in [2.75, 3.05) is 11.9 Å². The van der Waals surface area contributed by atoms with E-state index in [9.17, 15) is 0 Å². The summed E-state index contributed by atoms with van der Waals surface area (Å²) in [4.78, 5) is 4.04. The maximum absolute atomic E-state index is 5.40. The number of benzene rings is 1. The Morgan fingerprint density at radius 2 is 2.00 bits per heavy atom. The highest BCUT2D eigenvalue weighted by atomic mass is 16.5. The Morgan fingerprint density at radius 3 is 2.65 bits per heavy atom. The molecule has 3 nitrogen and oxygen atoms in total. The monoisotopic (exact) mass is 226 g/mol. The lowest BCUT2D eigenvalue weighted by atomic mass is 10.3. The van der Waals surface area contributed by atoms with E-state index in [1.54, 1.807) is 18.5 Å². The van der Waals surface area contributed by atoms with E-state index in [0.29, 0.717) is 6.61 Å². The Labute approximate surface area is 101 Å². The maximum atomic E-state index is 5.40. The van der Waals surface area contributed by atoms with Crippen LogP contribution in [-0.4, -0.2) is 11.6 Å². The van der Waals surface area contributed by atoms with Crippen molar-refractivity contribution in [1.82, 2.24) is 4.98 Å². The van der Waals surface area contributed by atoms with Crippen LogP contribution in [0.5, 0.6) is 5.75 Å². The van der Waals surface area contributed by atoms with Crippen LogP contribution < -0.4 is 10.1 Å². The van der Waals surface area contributed by atoms with Crippen LogP contribution in [0.15, 0.2) is 61.4 Å². The van der Waals surface area contributed by atoms with Crippen molar-refractivity contribution >= 4 is 11.4 Å². The summed E-state index contributed by atoms with van der Waals surface area (Å²) in [6, 6.07) is 11.6. The number of hydrogen-bond donors (Lipinski definition) is 1. The van der Waals surface area contributed by atoms with Crippen LogP contribution in [0.1, 0.15) is 0 Å². The van der Waals surface area contributed by atoms with Crippen LogP contribution in [-0.2, 0) is 0 Å². The average Bonchev–Trinajstić information content (AvgIpc) is 2.39. The molecule has 0 unspecified atom stereocenters. The molecule has 1 heterocycles. The molecule has 1 aromatic carbocycles. The normalized spacial score (nSPS) is 9.65. The second-order valence-corrected chi connectivity index (χ2v) is 3.49. The highest BCUT2D eigenvalue weighted by Gasteiger charge is 1.95. The van der Waals surface area contributed by atoms with Gasteiger partial charge in [-0.2, -0.15) is 0 Å². The van der Waals surface area contributed by atoms with E-state index >= 15 is 0 Å². The largest absolute Gasteiger partial charge is 0.490 e. The fourth-order valence-electron chi connectivity index (χ4n) is 1.39. The molecule has 3 heteroatoms. The van der Waals surface area contributed by atoms with Crippen molar-refractivity contribution < 1.29 is 4.74 Å². The highest BCUT2D eigenvalue weighted by Crippen LogP contribution is 2.19. The summed E-state index contributed by atoms with van der Waals surface area (Å²) in [5.41, 5.74) is 1.97. The lowest BCUT2D eigenvalue weighted by Crippen LogP contribution is -1.94. The number of rotatable bonds is 5. The quantitative estimate of drug-likeness (QED) is 0.793. The molecule has 0 atom stereocenters. The van der Waals surface area contributed by atoms with Gasteiger partial charge in [0.25, 0.3) is 0 Å². The molecule has 0 aliphatic heterocycles. The van der Waals surface area contributed by atoms with Gasteiger partial charge in [-0.1, -0.05) is 12.7 Å². The zero-order valence-corrected chi connectivity index (χ0v) is 9.47. The number of nitrogens with zero attached hydrogens (tertiary/aromatic N) is 1. The minimum absolute atomic E-state index is 0.523. The molecule has 0 spiro atoms. The van der Waals surface area contributed by atoms with Gasteiger partial charge in [-0.3, -0.25) is 4.98 Å². The Kier molecular flexibility index (Phi) is 3.76. The molecule has 0 saturated carbocycles. The van der Waals surface area contributed by atoms with Crippen LogP contribution in [0.25, 0.3) is 0 Å². The third-order valence-electron chi connectivity index (χ3n) is 2.17. The Hall–Kier alpha value is -2.29. The molecule has 0 bridgehead atoms. The number of pyridine rings is 1. The van der Waals surface area contributed by atoms with Gasteiger partial charge >= 0.3 is 0 Å². The predicted octanol–water partition coefficient (Wildman–Crippen LogP) is 3.39. The van der Waals surface area contributed by atoms with Gasteiger partial charge < -0.3 is 10.1 Å². The number of anilines is 2. The van der Waals surface area contributed by atoms with E-state index < -0.39 is 0 Å². The Morgan fingerprint density at radius 1 is 1.18 bits per heavy atom. The summed E-state index contributed by atoms with van der Waals surface area (Å²) < 4.78 is 5.40. The molecular weight excluding hydrogens is 212 g/mol. The molecule has 0 aliphatic rings. The van der Waals surface area contributed by atoms with Gasteiger partial charge in [0.2, 0.25) is 0 Å². The molecule has 1 aromatic heterocycles. The molecule has 86 valence electrons. The highest BCUT2D eigenvalue weighted by molar-refractivity contribution is 5.59. The molecule has 2 rings (SSSR count). The van der Waals surface area contributed by atoms with Crippen LogP contribution in [0, 0.1) is 0 Å². The van der Waals surface area contributed by atoms with Gasteiger partial charge in [-0.15, -0.1) is 0 Å². The van der Waals surface area contributed by atoms with E-state index in [1.165, 1.54) is 0 Å². The van der Waals surface area contributed by atoms with Gasteiger partial charge in [0.05, 0.1) is 11.9 Å². The zero-order chi connectivity index (χ0) is 11.9. The van der Waals surface area contributed by atoms with Crippen LogP contribution in [0.2, 0.25) is 0 Å². The number of hydrogen-bond acceptors (Lipinski definition) is 3. The number of nitrogens with one attached hydrogen (secondary N) is 1. The first-order valence-corrected chi connectivity index (χ1v) is 5.39. The predicted molar refractivity (Wildman–Crippen MR) is 69.7 cm³/mol. The van der Waals surface area contributed by atoms with Crippen molar-refractivity contribution in [2.45, 2.75) is 0 Å². The SMILES string of the molecule is C=CCOc1ccc(Nc2cccnc2)cc1. The van der Waals surface area contributed by atoms with Gasteiger partial charge in [0.1, 0.15) is 12.4 Å².